The number of aliphatic hydroxyl groups excluding tert-OH is 1. The Hall–Kier alpha value is -1.00. The lowest BCUT2D eigenvalue weighted by molar-refractivity contribution is 0.0718. The van der Waals surface area contributed by atoms with Gasteiger partial charge in [-0.2, -0.15) is 11.8 Å². The molecule has 0 bridgehead atoms. The third kappa shape index (κ3) is 4.48. The summed E-state index contributed by atoms with van der Waals surface area (Å²) in [6.07, 6.45) is 7.62. The normalized spacial score (nSPS) is 17.4. The van der Waals surface area contributed by atoms with E-state index in [-0.39, 0.29) is 17.9 Å². The molecule has 0 atom stereocenters. The van der Waals surface area contributed by atoms with Crippen molar-refractivity contribution in [3.8, 4) is 0 Å². The van der Waals surface area contributed by atoms with Crippen molar-refractivity contribution in [1.29, 1.82) is 0 Å². The minimum absolute atomic E-state index is 0.0312. The van der Waals surface area contributed by atoms with Gasteiger partial charge in [-0.05, 0) is 36.8 Å². The SMILES string of the molecule is CSCc1cccc(C(=O)NCC2(CO)CCCCC2)c1. The van der Waals surface area contributed by atoms with E-state index in [2.05, 4.69) is 11.6 Å². The summed E-state index contributed by atoms with van der Waals surface area (Å²) in [5.41, 5.74) is 1.78. The molecule has 0 spiro atoms. The number of nitrogens with one attached hydrogen (secondary N) is 1. The van der Waals surface area contributed by atoms with Gasteiger partial charge in [0.05, 0.1) is 6.61 Å². The molecule has 1 fully saturated rings. The van der Waals surface area contributed by atoms with E-state index in [4.69, 9.17) is 0 Å². The number of carbonyl (C=O) groups excluding carboxylic acids is 1. The molecule has 0 radical (unpaired) electrons. The number of rotatable bonds is 6. The van der Waals surface area contributed by atoms with Crippen LogP contribution in [0.3, 0.4) is 0 Å². The molecule has 2 N–H and O–H groups in total. The van der Waals surface area contributed by atoms with E-state index in [1.807, 2.05) is 24.3 Å². The van der Waals surface area contributed by atoms with E-state index < -0.39 is 0 Å². The van der Waals surface area contributed by atoms with E-state index >= 15 is 0 Å². The van der Waals surface area contributed by atoms with Crippen LogP contribution in [0.2, 0.25) is 0 Å². The molecule has 1 aromatic carbocycles. The zero-order valence-corrected chi connectivity index (χ0v) is 13.5. The average Bonchev–Trinajstić information content (AvgIpc) is 2.54. The van der Waals surface area contributed by atoms with Crippen LogP contribution in [0.25, 0.3) is 0 Å². The highest BCUT2D eigenvalue weighted by molar-refractivity contribution is 7.97. The molecule has 21 heavy (non-hydrogen) atoms. The van der Waals surface area contributed by atoms with Gasteiger partial charge in [0.1, 0.15) is 0 Å². The highest BCUT2D eigenvalue weighted by atomic mass is 32.2. The van der Waals surface area contributed by atoms with E-state index in [1.165, 1.54) is 12.0 Å². The highest BCUT2D eigenvalue weighted by Crippen LogP contribution is 2.35. The van der Waals surface area contributed by atoms with Crippen LogP contribution in [0.4, 0.5) is 0 Å². The van der Waals surface area contributed by atoms with Crippen molar-refractivity contribution >= 4 is 17.7 Å². The second-order valence-electron chi connectivity index (χ2n) is 6.03. The summed E-state index contributed by atoms with van der Waals surface area (Å²) in [5, 5.41) is 12.7. The summed E-state index contributed by atoms with van der Waals surface area (Å²) >= 11 is 1.75. The Labute approximate surface area is 131 Å². The van der Waals surface area contributed by atoms with Gasteiger partial charge in [0.2, 0.25) is 0 Å². The van der Waals surface area contributed by atoms with Gasteiger partial charge < -0.3 is 10.4 Å². The number of aliphatic hydroxyl groups is 1. The molecular formula is C17H25NO2S. The number of benzene rings is 1. The molecule has 0 aliphatic heterocycles. The molecule has 1 saturated carbocycles. The van der Waals surface area contributed by atoms with Gasteiger partial charge in [0, 0.05) is 23.3 Å². The molecule has 3 nitrogen and oxygen atoms in total. The van der Waals surface area contributed by atoms with Crippen molar-refractivity contribution in [3.63, 3.8) is 0 Å². The fourth-order valence-electron chi connectivity index (χ4n) is 3.03. The van der Waals surface area contributed by atoms with E-state index in [0.717, 1.165) is 31.4 Å². The fraction of sp³-hybridized carbons (Fsp3) is 0.588. The molecular weight excluding hydrogens is 282 g/mol. The van der Waals surface area contributed by atoms with Crippen LogP contribution in [-0.4, -0.2) is 30.4 Å². The lowest BCUT2D eigenvalue weighted by Gasteiger charge is -2.35. The van der Waals surface area contributed by atoms with Gasteiger partial charge >= 0.3 is 0 Å². The third-order valence-corrected chi connectivity index (χ3v) is 5.00. The first-order valence-corrected chi connectivity index (χ1v) is 9.05. The molecule has 116 valence electrons. The van der Waals surface area contributed by atoms with Gasteiger partial charge in [0.15, 0.2) is 0 Å². The van der Waals surface area contributed by atoms with Crippen molar-refractivity contribution in [2.24, 2.45) is 5.41 Å². The Morgan fingerprint density at radius 3 is 2.76 bits per heavy atom. The Balaban J connectivity index is 1.96. The summed E-state index contributed by atoms with van der Waals surface area (Å²) in [6, 6.07) is 7.79. The van der Waals surface area contributed by atoms with E-state index in [1.54, 1.807) is 11.8 Å². The summed E-state index contributed by atoms with van der Waals surface area (Å²) in [4.78, 5) is 12.3. The number of amides is 1. The Morgan fingerprint density at radius 1 is 1.33 bits per heavy atom. The summed E-state index contributed by atoms with van der Waals surface area (Å²) in [7, 11) is 0. The fourth-order valence-corrected chi connectivity index (χ4v) is 3.54. The van der Waals surface area contributed by atoms with Crippen molar-refractivity contribution < 1.29 is 9.90 Å². The minimum Gasteiger partial charge on any atom is -0.396 e. The maximum absolute atomic E-state index is 12.3. The molecule has 4 heteroatoms. The maximum atomic E-state index is 12.3. The number of hydrogen-bond acceptors (Lipinski definition) is 3. The molecule has 0 heterocycles. The number of hydrogen-bond donors (Lipinski definition) is 2. The zero-order valence-electron chi connectivity index (χ0n) is 12.7. The topological polar surface area (TPSA) is 49.3 Å². The van der Waals surface area contributed by atoms with Crippen molar-refractivity contribution in [2.75, 3.05) is 19.4 Å². The van der Waals surface area contributed by atoms with Gasteiger partial charge in [-0.15, -0.1) is 0 Å². The monoisotopic (exact) mass is 307 g/mol. The Bertz CT molecular complexity index is 470. The summed E-state index contributed by atoms with van der Waals surface area (Å²) < 4.78 is 0. The van der Waals surface area contributed by atoms with Crippen LogP contribution in [0, 0.1) is 5.41 Å². The molecule has 0 aromatic heterocycles. The molecule has 1 aliphatic rings. The second kappa shape index (κ2) is 7.85. The lowest BCUT2D eigenvalue weighted by Crippen LogP contribution is -2.41. The smallest absolute Gasteiger partial charge is 0.251 e. The molecule has 0 saturated heterocycles. The number of thioether (sulfide) groups is 1. The van der Waals surface area contributed by atoms with Gasteiger partial charge in [-0.1, -0.05) is 31.4 Å². The largest absolute Gasteiger partial charge is 0.396 e. The summed E-state index contributed by atoms with van der Waals surface area (Å²) in [5.74, 6) is 0.887. The molecule has 1 aromatic rings. The first-order chi connectivity index (χ1) is 10.2. The summed E-state index contributed by atoms with van der Waals surface area (Å²) in [6.45, 7) is 0.745. The quantitative estimate of drug-likeness (QED) is 0.848. The molecule has 0 unspecified atom stereocenters. The van der Waals surface area contributed by atoms with E-state index in [9.17, 15) is 9.90 Å². The van der Waals surface area contributed by atoms with Gasteiger partial charge in [0.25, 0.3) is 5.91 Å². The predicted octanol–water partition coefficient (Wildman–Crippen LogP) is 3.22. The van der Waals surface area contributed by atoms with Crippen LogP contribution in [0.1, 0.15) is 48.0 Å². The Morgan fingerprint density at radius 2 is 2.10 bits per heavy atom. The first-order valence-electron chi connectivity index (χ1n) is 7.66. The van der Waals surface area contributed by atoms with E-state index in [0.29, 0.717) is 12.1 Å². The van der Waals surface area contributed by atoms with Crippen LogP contribution >= 0.6 is 11.8 Å². The van der Waals surface area contributed by atoms with Gasteiger partial charge in [-0.25, -0.2) is 0 Å². The lowest BCUT2D eigenvalue weighted by atomic mass is 9.74. The van der Waals surface area contributed by atoms with Crippen LogP contribution < -0.4 is 5.32 Å². The van der Waals surface area contributed by atoms with Crippen LogP contribution in [-0.2, 0) is 5.75 Å². The predicted molar refractivity (Wildman–Crippen MR) is 88.6 cm³/mol. The van der Waals surface area contributed by atoms with Crippen molar-refractivity contribution in [3.05, 3.63) is 35.4 Å². The standard InChI is InChI=1S/C17H25NO2S/c1-21-11-14-6-5-7-15(10-14)16(20)18-12-17(13-19)8-3-2-4-9-17/h5-7,10,19H,2-4,8-9,11-13H2,1H3,(H,18,20). The minimum atomic E-state index is -0.106. The highest BCUT2D eigenvalue weighted by Gasteiger charge is 2.31. The second-order valence-corrected chi connectivity index (χ2v) is 6.90. The average molecular weight is 307 g/mol. The van der Waals surface area contributed by atoms with Crippen molar-refractivity contribution in [1.82, 2.24) is 5.32 Å². The first kappa shape index (κ1) is 16.4. The van der Waals surface area contributed by atoms with Crippen LogP contribution in [0.15, 0.2) is 24.3 Å². The van der Waals surface area contributed by atoms with Crippen LogP contribution in [0.5, 0.6) is 0 Å². The molecule has 1 amide bonds. The van der Waals surface area contributed by atoms with Gasteiger partial charge in [-0.3, -0.25) is 4.79 Å². The Kier molecular flexibility index (Phi) is 6.12. The molecule has 2 rings (SSSR count). The number of carbonyl (C=O) groups is 1. The zero-order chi connectivity index (χ0) is 15.1. The molecule has 1 aliphatic carbocycles. The maximum Gasteiger partial charge on any atom is 0.251 e. The third-order valence-electron chi connectivity index (χ3n) is 4.37. The van der Waals surface area contributed by atoms with Crippen molar-refractivity contribution in [2.45, 2.75) is 37.9 Å².